The fourth-order valence-electron chi connectivity index (χ4n) is 3.82. The summed E-state index contributed by atoms with van der Waals surface area (Å²) in [7, 11) is 0. The van der Waals surface area contributed by atoms with Crippen LogP contribution in [-0.4, -0.2) is 0 Å². The minimum absolute atomic E-state index is 1.28. The third-order valence-corrected chi connectivity index (χ3v) is 5.50. The average Bonchev–Trinajstić information content (AvgIpc) is 2.64. The van der Waals surface area contributed by atoms with E-state index in [-0.39, 0.29) is 0 Å². The molecular weight excluding hydrogens is 300 g/mol. The van der Waals surface area contributed by atoms with E-state index in [2.05, 4.69) is 39.0 Å². The molecule has 0 radical (unpaired) electrons. The Morgan fingerprint density at radius 2 is 0.920 bits per heavy atom. The predicted octanol–water partition coefficient (Wildman–Crippen LogP) is 8.45. The van der Waals surface area contributed by atoms with Crippen LogP contribution in [0.2, 0.25) is 0 Å². The Morgan fingerprint density at radius 1 is 0.480 bits per heavy atom. The van der Waals surface area contributed by atoms with Gasteiger partial charge in [0.1, 0.15) is 0 Å². The Labute approximate surface area is 158 Å². The predicted molar refractivity (Wildman–Crippen MR) is 115 cm³/mol. The van der Waals surface area contributed by atoms with Crippen molar-refractivity contribution in [2.75, 3.05) is 0 Å². The monoisotopic (exact) mass is 344 g/mol. The van der Waals surface area contributed by atoms with Crippen molar-refractivity contribution in [2.24, 2.45) is 0 Å². The zero-order valence-electron chi connectivity index (χ0n) is 17.5. The molecule has 1 rings (SSSR count). The number of aryl methyl sites for hydroxylation is 2. The molecule has 0 spiro atoms. The number of rotatable bonds is 16. The van der Waals surface area contributed by atoms with Crippen LogP contribution in [0.15, 0.2) is 18.2 Å². The highest BCUT2D eigenvalue weighted by atomic mass is 14.1. The van der Waals surface area contributed by atoms with Crippen molar-refractivity contribution in [1.82, 2.24) is 0 Å². The smallest absolute Gasteiger partial charge is 0.0274 e. The molecule has 25 heavy (non-hydrogen) atoms. The molecule has 0 aliphatic carbocycles. The van der Waals surface area contributed by atoms with Crippen molar-refractivity contribution < 1.29 is 0 Å². The maximum absolute atomic E-state index is 2.41. The van der Waals surface area contributed by atoms with Crippen LogP contribution in [0.5, 0.6) is 0 Å². The zero-order valence-corrected chi connectivity index (χ0v) is 17.5. The molecule has 0 bridgehead atoms. The van der Waals surface area contributed by atoms with E-state index in [0.717, 1.165) is 0 Å². The van der Waals surface area contributed by atoms with Gasteiger partial charge in [-0.1, -0.05) is 103 Å². The van der Waals surface area contributed by atoms with Gasteiger partial charge in [0.2, 0.25) is 0 Å². The van der Waals surface area contributed by atoms with E-state index in [9.17, 15) is 0 Å². The van der Waals surface area contributed by atoms with Crippen molar-refractivity contribution >= 4 is 0 Å². The van der Waals surface area contributed by atoms with E-state index >= 15 is 0 Å². The summed E-state index contributed by atoms with van der Waals surface area (Å²) >= 11 is 0. The second kappa shape index (κ2) is 15.5. The molecule has 0 N–H and O–H groups in total. The van der Waals surface area contributed by atoms with E-state index in [1.807, 2.05) is 0 Å². The van der Waals surface area contributed by atoms with Crippen LogP contribution in [0.1, 0.15) is 121 Å². The van der Waals surface area contributed by atoms with Gasteiger partial charge in [0.15, 0.2) is 0 Å². The van der Waals surface area contributed by atoms with Gasteiger partial charge in [0.05, 0.1) is 0 Å². The Kier molecular flexibility index (Phi) is 13.8. The molecule has 144 valence electrons. The maximum Gasteiger partial charge on any atom is -0.0274 e. The lowest BCUT2D eigenvalue weighted by Gasteiger charge is -2.15. The van der Waals surface area contributed by atoms with Gasteiger partial charge < -0.3 is 0 Å². The summed E-state index contributed by atoms with van der Waals surface area (Å²) in [6.07, 6.45) is 22.0. The Morgan fingerprint density at radius 3 is 1.48 bits per heavy atom. The SMILES string of the molecule is CCCCCCCCCCCc1cccc(CCCC)c1CCCC. The van der Waals surface area contributed by atoms with E-state index in [1.54, 1.807) is 16.7 Å². The molecular formula is C25H44. The van der Waals surface area contributed by atoms with Gasteiger partial charge >= 0.3 is 0 Å². The third kappa shape index (κ3) is 10.1. The molecule has 0 amide bonds. The molecule has 0 aliphatic rings. The lowest BCUT2D eigenvalue weighted by molar-refractivity contribution is 0.564. The summed E-state index contributed by atoms with van der Waals surface area (Å²) in [4.78, 5) is 0. The minimum Gasteiger partial charge on any atom is -0.0654 e. The quantitative estimate of drug-likeness (QED) is 0.264. The van der Waals surface area contributed by atoms with Gasteiger partial charge in [0, 0.05) is 0 Å². The fourth-order valence-corrected chi connectivity index (χ4v) is 3.82. The van der Waals surface area contributed by atoms with Gasteiger partial charge in [-0.3, -0.25) is 0 Å². The molecule has 0 heterocycles. The van der Waals surface area contributed by atoms with Crippen LogP contribution in [0.25, 0.3) is 0 Å². The minimum atomic E-state index is 1.28. The van der Waals surface area contributed by atoms with E-state index in [0.29, 0.717) is 0 Å². The van der Waals surface area contributed by atoms with E-state index in [4.69, 9.17) is 0 Å². The van der Waals surface area contributed by atoms with Crippen LogP contribution < -0.4 is 0 Å². The Bertz CT molecular complexity index is 418. The average molecular weight is 345 g/mol. The maximum atomic E-state index is 2.41. The first-order valence-electron chi connectivity index (χ1n) is 11.4. The van der Waals surface area contributed by atoms with Crippen LogP contribution in [0.3, 0.4) is 0 Å². The van der Waals surface area contributed by atoms with Gasteiger partial charge in [-0.05, 0) is 55.2 Å². The number of unbranched alkanes of at least 4 members (excludes halogenated alkanes) is 10. The molecule has 0 saturated carbocycles. The summed E-state index contributed by atoms with van der Waals surface area (Å²) in [6.45, 7) is 6.92. The van der Waals surface area contributed by atoms with Crippen molar-refractivity contribution in [2.45, 2.75) is 124 Å². The summed E-state index contributed by atoms with van der Waals surface area (Å²) in [5, 5.41) is 0. The standard InChI is InChI=1S/C25H44/c1-4-7-10-11-12-13-14-15-16-19-24-21-17-20-23(18-8-5-2)25(24)22-9-6-3/h17,20-21H,4-16,18-19,22H2,1-3H3. The van der Waals surface area contributed by atoms with Crippen molar-refractivity contribution in [3.8, 4) is 0 Å². The number of hydrogen-bond donors (Lipinski definition) is 0. The van der Waals surface area contributed by atoms with Crippen LogP contribution in [-0.2, 0) is 19.3 Å². The molecule has 0 aliphatic heterocycles. The highest BCUT2D eigenvalue weighted by Gasteiger charge is 2.08. The fraction of sp³-hybridized carbons (Fsp3) is 0.760. The topological polar surface area (TPSA) is 0 Å². The zero-order chi connectivity index (χ0) is 18.2. The number of hydrogen-bond acceptors (Lipinski definition) is 0. The summed E-state index contributed by atoms with van der Waals surface area (Å²) in [5.74, 6) is 0. The van der Waals surface area contributed by atoms with Crippen LogP contribution in [0.4, 0.5) is 0 Å². The third-order valence-electron chi connectivity index (χ3n) is 5.50. The summed E-state index contributed by atoms with van der Waals surface area (Å²) < 4.78 is 0. The van der Waals surface area contributed by atoms with Crippen molar-refractivity contribution in [3.05, 3.63) is 34.9 Å². The molecule has 0 heteroatoms. The first-order chi connectivity index (χ1) is 12.3. The van der Waals surface area contributed by atoms with E-state index < -0.39 is 0 Å². The van der Waals surface area contributed by atoms with Crippen molar-refractivity contribution in [1.29, 1.82) is 0 Å². The second-order valence-corrected chi connectivity index (χ2v) is 7.84. The molecule has 0 atom stereocenters. The van der Waals surface area contributed by atoms with Crippen molar-refractivity contribution in [3.63, 3.8) is 0 Å². The molecule has 0 unspecified atom stereocenters. The first kappa shape index (κ1) is 22.3. The van der Waals surface area contributed by atoms with Gasteiger partial charge in [-0.2, -0.15) is 0 Å². The second-order valence-electron chi connectivity index (χ2n) is 7.84. The van der Waals surface area contributed by atoms with E-state index in [1.165, 1.54) is 103 Å². The normalized spacial score (nSPS) is 11.2. The largest absolute Gasteiger partial charge is 0.0654 e. The Hall–Kier alpha value is -0.780. The first-order valence-corrected chi connectivity index (χ1v) is 11.4. The van der Waals surface area contributed by atoms with Gasteiger partial charge in [-0.15, -0.1) is 0 Å². The highest BCUT2D eigenvalue weighted by Crippen LogP contribution is 2.22. The lowest BCUT2D eigenvalue weighted by Crippen LogP contribution is -2.01. The lowest BCUT2D eigenvalue weighted by atomic mass is 9.91. The molecule has 1 aromatic carbocycles. The molecule has 0 fully saturated rings. The molecule has 0 aromatic heterocycles. The summed E-state index contributed by atoms with van der Waals surface area (Å²) in [6, 6.07) is 7.11. The molecule has 0 nitrogen and oxygen atoms in total. The Balaban J connectivity index is 2.37. The van der Waals surface area contributed by atoms with Gasteiger partial charge in [0.25, 0.3) is 0 Å². The van der Waals surface area contributed by atoms with Crippen LogP contribution >= 0.6 is 0 Å². The van der Waals surface area contributed by atoms with Crippen LogP contribution in [0, 0.1) is 0 Å². The molecule has 0 saturated heterocycles. The number of benzene rings is 1. The highest BCUT2D eigenvalue weighted by molar-refractivity contribution is 5.36. The summed E-state index contributed by atoms with van der Waals surface area (Å²) in [5.41, 5.74) is 5.01. The van der Waals surface area contributed by atoms with Gasteiger partial charge in [-0.25, -0.2) is 0 Å². The molecule has 1 aromatic rings.